The van der Waals surface area contributed by atoms with Crippen molar-refractivity contribution in [3.63, 3.8) is 0 Å². The van der Waals surface area contributed by atoms with E-state index in [1.54, 1.807) is 19.9 Å². The maximum atomic E-state index is 12.5. The number of allylic oxidation sites excluding steroid dienone is 3. The Balaban J connectivity index is 2.17. The molecule has 1 unspecified atom stereocenters. The maximum Gasteiger partial charge on any atom is 0.234 e. The average Bonchev–Trinajstić information content (AvgIpc) is 2.51. The zero-order valence-electron chi connectivity index (χ0n) is 14.5. The third-order valence-corrected chi connectivity index (χ3v) is 4.82. The Morgan fingerprint density at radius 1 is 1.21 bits per heavy atom. The number of aliphatic hydroxyl groups is 1. The SMILES string of the molecule is CC(C)=CCCC1(O)COC2=C(C)C(=O)C(=O)c3c(C)ccc1c32. The van der Waals surface area contributed by atoms with Crippen LogP contribution in [-0.2, 0) is 15.1 Å². The fourth-order valence-electron chi connectivity index (χ4n) is 3.45. The molecule has 0 saturated heterocycles. The van der Waals surface area contributed by atoms with Crippen LogP contribution in [0.4, 0.5) is 0 Å². The van der Waals surface area contributed by atoms with Gasteiger partial charge in [0, 0.05) is 16.7 Å². The van der Waals surface area contributed by atoms with Crippen molar-refractivity contribution in [2.24, 2.45) is 0 Å². The third kappa shape index (κ3) is 2.42. The molecule has 24 heavy (non-hydrogen) atoms. The fourth-order valence-corrected chi connectivity index (χ4v) is 3.45. The summed E-state index contributed by atoms with van der Waals surface area (Å²) in [5.41, 5.74) is 2.75. The summed E-state index contributed by atoms with van der Waals surface area (Å²) in [6.45, 7) is 7.54. The molecule has 1 heterocycles. The van der Waals surface area contributed by atoms with Crippen LogP contribution in [0.3, 0.4) is 0 Å². The van der Waals surface area contributed by atoms with Gasteiger partial charge >= 0.3 is 0 Å². The minimum Gasteiger partial charge on any atom is -0.489 e. The maximum absolute atomic E-state index is 12.5. The highest BCUT2D eigenvalue weighted by molar-refractivity contribution is 6.52. The highest BCUT2D eigenvalue weighted by Gasteiger charge is 2.44. The van der Waals surface area contributed by atoms with Crippen LogP contribution in [0, 0.1) is 6.92 Å². The van der Waals surface area contributed by atoms with E-state index in [1.807, 2.05) is 19.9 Å². The van der Waals surface area contributed by atoms with Gasteiger partial charge in [-0.05, 0) is 51.7 Å². The summed E-state index contributed by atoms with van der Waals surface area (Å²) in [4.78, 5) is 24.7. The lowest BCUT2D eigenvalue weighted by molar-refractivity contribution is -0.112. The first kappa shape index (κ1) is 16.7. The van der Waals surface area contributed by atoms with E-state index in [9.17, 15) is 14.7 Å². The Morgan fingerprint density at radius 2 is 1.92 bits per heavy atom. The van der Waals surface area contributed by atoms with Gasteiger partial charge in [-0.25, -0.2) is 0 Å². The van der Waals surface area contributed by atoms with Crippen LogP contribution in [0.25, 0.3) is 5.76 Å². The number of hydrogen-bond acceptors (Lipinski definition) is 4. The topological polar surface area (TPSA) is 63.6 Å². The fraction of sp³-hybridized carbons (Fsp3) is 0.400. The molecule has 1 aromatic rings. The van der Waals surface area contributed by atoms with Gasteiger partial charge in [-0.2, -0.15) is 0 Å². The van der Waals surface area contributed by atoms with Gasteiger partial charge in [-0.3, -0.25) is 9.59 Å². The Hall–Kier alpha value is -2.20. The van der Waals surface area contributed by atoms with Crippen molar-refractivity contribution in [1.29, 1.82) is 0 Å². The number of carbonyl (C=O) groups excluding carboxylic acids is 2. The minimum atomic E-state index is -1.16. The molecule has 0 aromatic heterocycles. The molecule has 0 spiro atoms. The predicted molar refractivity (Wildman–Crippen MR) is 91.6 cm³/mol. The molecule has 1 atom stereocenters. The van der Waals surface area contributed by atoms with Crippen LogP contribution in [0.1, 0.15) is 60.7 Å². The number of carbonyl (C=O) groups is 2. The first-order valence-corrected chi connectivity index (χ1v) is 8.19. The number of benzene rings is 1. The molecule has 1 aliphatic heterocycles. The van der Waals surface area contributed by atoms with Crippen molar-refractivity contribution < 1.29 is 19.4 Å². The van der Waals surface area contributed by atoms with E-state index in [1.165, 1.54) is 5.57 Å². The molecular weight excluding hydrogens is 304 g/mol. The zero-order chi connectivity index (χ0) is 17.6. The third-order valence-electron chi connectivity index (χ3n) is 4.82. The molecule has 0 fully saturated rings. The van der Waals surface area contributed by atoms with Crippen molar-refractivity contribution in [3.8, 4) is 0 Å². The molecular formula is C20H22O4. The van der Waals surface area contributed by atoms with E-state index in [0.29, 0.717) is 34.4 Å². The first-order valence-electron chi connectivity index (χ1n) is 8.19. The molecule has 0 amide bonds. The normalized spacial score (nSPS) is 22.2. The van der Waals surface area contributed by atoms with Gasteiger partial charge in [-0.15, -0.1) is 0 Å². The molecule has 0 radical (unpaired) electrons. The Kier molecular flexibility index (Phi) is 3.96. The molecule has 4 heteroatoms. The zero-order valence-corrected chi connectivity index (χ0v) is 14.5. The standard InChI is InChI=1S/C20H22O4/c1-11(2)6-5-9-20(23)10-24-19-13(4)17(21)18(22)15-12(3)7-8-14(20)16(15)19/h6-8,23H,5,9-10H2,1-4H3. The van der Waals surface area contributed by atoms with E-state index in [-0.39, 0.29) is 6.61 Å². The lowest BCUT2D eigenvalue weighted by atomic mass is 9.76. The number of hydrogen-bond donors (Lipinski definition) is 1. The van der Waals surface area contributed by atoms with Crippen molar-refractivity contribution in [3.05, 3.63) is 51.6 Å². The summed E-state index contributed by atoms with van der Waals surface area (Å²) in [5, 5.41) is 11.2. The van der Waals surface area contributed by atoms with Crippen molar-refractivity contribution >= 4 is 17.3 Å². The Labute approximate surface area is 141 Å². The molecule has 126 valence electrons. The van der Waals surface area contributed by atoms with Gasteiger partial charge < -0.3 is 9.84 Å². The summed E-state index contributed by atoms with van der Waals surface area (Å²) < 4.78 is 5.78. The minimum absolute atomic E-state index is 0.0905. The van der Waals surface area contributed by atoms with Crippen molar-refractivity contribution in [1.82, 2.24) is 0 Å². The highest BCUT2D eigenvalue weighted by atomic mass is 16.5. The van der Waals surface area contributed by atoms with Gasteiger partial charge in [0.25, 0.3) is 0 Å². The van der Waals surface area contributed by atoms with Crippen LogP contribution in [0.2, 0.25) is 0 Å². The molecule has 2 aliphatic rings. The Morgan fingerprint density at radius 3 is 2.58 bits per heavy atom. The van der Waals surface area contributed by atoms with E-state index < -0.39 is 17.2 Å². The molecule has 1 aliphatic carbocycles. The number of ketones is 2. The van der Waals surface area contributed by atoms with E-state index >= 15 is 0 Å². The number of rotatable bonds is 3. The molecule has 0 saturated carbocycles. The number of Topliss-reactive ketones (excluding diaryl/α,β-unsaturated/α-hetero) is 2. The second-order valence-corrected chi connectivity index (χ2v) is 6.93. The Bertz CT molecular complexity index is 809. The molecule has 1 aromatic carbocycles. The van der Waals surface area contributed by atoms with Crippen LogP contribution < -0.4 is 0 Å². The number of ether oxygens (including phenoxy) is 1. The summed E-state index contributed by atoms with van der Waals surface area (Å²) in [5.74, 6) is -0.587. The van der Waals surface area contributed by atoms with Crippen molar-refractivity contribution in [2.45, 2.75) is 46.1 Å². The van der Waals surface area contributed by atoms with Crippen molar-refractivity contribution in [2.75, 3.05) is 6.61 Å². The monoisotopic (exact) mass is 326 g/mol. The second-order valence-electron chi connectivity index (χ2n) is 6.93. The van der Waals surface area contributed by atoms with Crippen LogP contribution in [0.5, 0.6) is 0 Å². The quantitative estimate of drug-likeness (QED) is 0.682. The molecule has 3 rings (SSSR count). The van der Waals surface area contributed by atoms with E-state index in [4.69, 9.17) is 4.74 Å². The van der Waals surface area contributed by atoms with Gasteiger partial charge in [0.15, 0.2) is 0 Å². The van der Waals surface area contributed by atoms with Crippen LogP contribution in [-0.4, -0.2) is 23.3 Å². The largest absolute Gasteiger partial charge is 0.489 e. The summed E-state index contributed by atoms with van der Waals surface area (Å²) in [7, 11) is 0. The number of aryl methyl sites for hydroxylation is 1. The average molecular weight is 326 g/mol. The summed E-state index contributed by atoms with van der Waals surface area (Å²) >= 11 is 0. The van der Waals surface area contributed by atoms with Gasteiger partial charge in [-0.1, -0.05) is 23.8 Å². The van der Waals surface area contributed by atoms with Crippen LogP contribution in [0.15, 0.2) is 29.4 Å². The van der Waals surface area contributed by atoms with Gasteiger partial charge in [0.05, 0.1) is 0 Å². The first-order chi connectivity index (χ1) is 11.3. The lowest BCUT2D eigenvalue weighted by Gasteiger charge is -2.38. The van der Waals surface area contributed by atoms with Gasteiger partial charge in [0.2, 0.25) is 11.6 Å². The molecule has 0 bridgehead atoms. The highest BCUT2D eigenvalue weighted by Crippen LogP contribution is 2.44. The molecule has 4 nitrogen and oxygen atoms in total. The molecule has 1 N–H and O–H groups in total. The summed E-state index contributed by atoms with van der Waals surface area (Å²) in [6, 6.07) is 3.66. The predicted octanol–water partition coefficient (Wildman–Crippen LogP) is 3.46. The van der Waals surface area contributed by atoms with E-state index in [2.05, 4.69) is 6.08 Å². The lowest BCUT2D eigenvalue weighted by Crippen LogP contribution is -2.39. The van der Waals surface area contributed by atoms with Gasteiger partial charge in [0.1, 0.15) is 18.0 Å². The van der Waals surface area contributed by atoms with E-state index in [0.717, 1.165) is 12.0 Å². The summed E-state index contributed by atoms with van der Waals surface area (Å²) in [6.07, 6.45) is 3.29. The second kappa shape index (κ2) is 5.71. The van der Waals surface area contributed by atoms with Crippen LogP contribution >= 0.6 is 0 Å². The smallest absolute Gasteiger partial charge is 0.234 e.